The summed E-state index contributed by atoms with van der Waals surface area (Å²) in [4.78, 5) is 11.9. The Morgan fingerprint density at radius 1 is 1.42 bits per heavy atom. The van der Waals surface area contributed by atoms with Crippen LogP contribution in [0.15, 0.2) is 24.3 Å². The molecule has 1 saturated carbocycles. The molecule has 1 aromatic heterocycles. The molecule has 2 aromatic rings. The summed E-state index contributed by atoms with van der Waals surface area (Å²) < 4.78 is 6.69. The van der Waals surface area contributed by atoms with E-state index < -0.39 is 5.54 Å². The van der Waals surface area contributed by atoms with Gasteiger partial charge in [-0.1, -0.05) is 13.0 Å². The molecule has 0 unspecified atom stereocenters. The van der Waals surface area contributed by atoms with Crippen LogP contribution in [0.5, 0.6) is 0 Å². The van der Waals surface area contributed by atoms with Gasteiger partial charge in [-0.2, -0.15) is 4.68 Å². The molecule has 0 amide bonds. The molecular weight excluding hydrogens is 306 g/mol. The lowest BCUT2D eigenvalue weighted by Gasteiger charge is -2.34. The van der Waals surface area contributed by atoms with Crippen LogP contribution < -0.4 is 5.73 Å². The predicted molar refractivity (Wildman–Crippen MR) is 88.6 cm³/mol. The van der Waals surface area contributed by atoms with E-state index in [0.29, 0.717) is 29.6 Å². The monoisotopic (exact) mass is 329 g/mol. The highest BCUT2D eigenvalue weighted by Crippen LogP contribution is 2.36. The summed E-state index contributed by atoms with van der Waals surface area (Å²) in [6.45, 7) is 4.36. The van der Waals surface area contributed by atoms with Gasteiger partial charge < -0.3 is 10.5 Å². The second-order valence-electron chi connectivity index (χ2n) is 6.52. The van der Waals surface area contributed by atoms with E-state index in [-0.39, 0.29) is 5.97 Å². The van der Waals surface area contributed by atoms with Crippen molar-refractivity contribution in [2.75, 3.05) is 6.61 Å². The summed E-state index contributed by atoms with van der Waals surface area (Å²) in [7, 11) is 0. The number of ether oxygens (including phenoxy) is 1. The lowest BCUT2D eigenvalue weighted by atomic mass is 9.77. The van der Waals surface area contributed by atoms with Gasteiger partial charge in [0.05, 0.1) is 23.4 Å². The van der Waals surface area contributed by atoms with E-state index in [9.17, 15) is 4.79 Å². The molecule has 0 radical (unpaired) electrons. The molecule has 7 nitrogen and oxygen atoms in total. The Labute approximate surface area is 141 Å². The summed E-state index contributed by atoms with van der Waals surface area (Å²) in [6.07, 6.45) is 3.83. The van der Waals surface area contributed by atoms with Gasteiger partial charge in [0.15, 0.2) is 5.82 Å². The van der Waals surface area contributed by atoms with Gasteiger partial charge in [-0.3, -0.25) is 0 Å². The first-order valence-electron chi connectivity index (χ1n) is 8.39. The second kappa shape index (κ2) is 6.68. The number of carbonyl (C=O) groups excluding carboxylic acids is 1. The van der Waals surface area contributed by atoms with Gasteiger partial charge in [-0.05, 0) is 67.2 Å². The Hall–Kier alpha value is -2.28. The lowest BCUT2D eigenvalue weighted by molar-refractivity contribution is 0.0526. The highest BCUT2D eigenvalue weighted by molar-refractivity contribution is 5.90. The number of nitrogens with zero attached hydrogens (tertiary/aromatic N) is 4. The summed E-state index contributed by atoms with van der Waals surface area (Å²) in [5, 5.41) is 12.1. The van der Waals surface area contributed by atoms with Crippen LogP contribution in [0.1, 0.15) is 55.7 Å². The Morgan fingerprint density at radius 3 is 2.88 bits per heavy atom. The van der Waals surface area contributed by atoms with E-state index in [1.54, 1.807) is 29.8 Å². The number of aromatic nitrogens is 4. The molecule has 3 rings (SSSR count). The number of hydrogen-bond acceptors (Lipinski definition) is 6. The average molecular weight is 329 g/mol. The smallest absolute Gasteiger partial charge is 0.338 e. The Kier molecular flexibility index (Phi) is 4.62. The van der Waals surface area contributed by atoms with Crippen molar-refractivity contribution in [2.45, 2.75) is 45.1 Å². The number of hydrogen-bond donors (Lipinski definition) is 1. The van der Waals surface area contributed by atoms with Crippen LogP contribution >= 0.6 is 0 Å². The molecule has 1 fully saturated rings. The highest BCUT2D eigenvalue weighted by atomic mass is 16.5. The second-order valence-corrected chi connectivity index (χ2v) is 6.52. The van der Waals surface area contributed by atoms with Crippen LogP contribution in [0.3, 0.4) is 0 Å². The van der Waals surface area contributed by atoms with Crippen molar-refractivity contribution in [1.29, 1.82) is 0 Å². The molecule has 0 aliphatic heterocycles. The summed E-state index contributed by atoms with van der Waals surface area (Å²) in [5.74, 6) is 0.969. The SMILES string of the molecule is CCOC(=O)c1cccc(-n2nnnc2C2(N)CCC(C)CC2)c1. The normalized spacial score (nSPS) is 23.9. The number of nitrogens with two attached hydrogens (primary N) is 1. The Morgan fingerprint density at radius 2 is 2.17 bits per heavy atom. The van der Waals surface area contributed by atoms with Crippen LogP contribution in [-0.2, 0) is 10.3 Å². The predicted octanol–water partition coefficient (Wildman–Crippen LogP) is 2.20. The van der Waals surface area contributed by atoms with Crippen LogP contribution in [-0.4, -0.2) is 32.8 Å². The molecular formula is C17H23N5O2. The quantitative estimate of drug-likeness (QED) is 0.864. The van der Waals surface area contributed by atoms with Crippen molar-refractivity contribution in [3.8, 4) is 5.69 Å². The first-order valence-corrected chi connectivity index (χ1v) is 8.39. The molecule has 0 spiro atoms. The summed E-state index contributed by atoms with van der Waals surface area (Å²) >= 11 is 0. The zero-order valence-electron chi connectivity index (χ0n) is 14.1. The first-order chi connectivity index (χ1) is 11.5. The molecule has 2 N–H and O–H groups in total. The van der Waals surface area contributed by atoms with Crippen LogP contribution in [0.4, 0.5) is 0 Å². The minimum absolute atomic E-state index is 0.337. The van der Waals surface area contributed by atoms with E-state index in [0.717, 1.165) is 25.7 Å². The van der Waals surface area contributed by atoms with E-state index in [4.69, 9.17) is 10.5 Å². The average Bonchev–Trinajstić information content (AvgIpc) is 3.09. The van der Waals surface area contributed by atoms with Gasteiger partial charge in [0.2, 0.25) is 0 Å². The molecule has 0 saturated heterocycles. The summed E-state index contributed by atoms with van der Waals surface area (Å²) in [5.41, 5.74) is 7.27. The molecule has 24 heavy (non-hydrogen) atoms. The third-order valence-electron chi connectivity index (χ3n) is 4.68. The van der Waals surface area contributed by atoms with E-state index in [2.05, 4.69) is 22.4 Å². The molecule has 7 heteroatoms. The fourth-order valence-electron chi connectivity index (χ4n) is 3.15. The van der Waals surface area contributed by atoms with Gasteiger partial charge in [-0.15, -0.1) is 5.10 Å². The number of carbonyl (C=O) groups is 1. The molecule has 1 aromatic carbocycles. The molecule has 1 aliphatic carbocycles. The van der Waals surface area contributed by atoms with Crippen LogP contribution in [0.25, 0.3) is 5.69 Å². The lowest BCUT2D eigenvalue weighted by Crippen LogP contribution is -2.42. The molecule has 1 heterocycles. The van der Waals surface area contributed by atoms with Gasteiger partial charge in [-0.25, -0.2) is 4.79 Å². The first kappa shape index (κ1) is 16.6. The molecule has 0 atom stereocenters. The minimum Gasteiger partial charge on any atom is -0.462 e. The zero-order chi connectivity index (χ0) is 17.2. The van der Waals surface area contributed by atoms with Crippen molar-refractivity contribution in [2.24, 2.45) is 11.7 Å². The largest absolute Gasteiger partial charge is 0.462 e. The standard InChI is InChI=1S/C17H23N5O2/c1-3-24-15(23)13-5-4-6-14(11-13)22-16(19-20-21-22)17(18)9-7-12(2)8-10-17/h4-6,11-12H,3,7-10,18H2,1-2H3. The van der Waals surface area contributed by atoms with Crippen molar-refractivity contribution in [3.05, 3.63) is 35.7 Å². The maximum atomic E-state index is 11.9. The summed E-state index contributed by atoms with van der Waals surface area (Å²) in [6, 6.07) is 7.09. The number of tetrazole rings is 1. The Balaban J connectivity index is 1.93. The van der Waals surface area contributed by atoms with Crippen LogP contribution in [0, 0.1) is 5.92 Å². The maximum absolute atomic E-state index is 11.9. The van der Waals surface area contributed by atoms with Gasteiger partial charge in [0, 0.05) is 0 Å². The fraction of sp³-hybridized carbons (Fsp3) is 0.529. The maximum Gasteiger partial charge on any atom is 0.338 e. The minimum atomic E-state index is -0.532. The zero-order valence-corrected chi connectivity index (χ0v) is 14.1. The van der Waals surface area contributed by atoms with Crippen molar-refractivity contribution in [1.82, 2.24) is 20.2 Å². The van der Waals surface area contributed by atoms with E-state index in [1.165, 1.54) is 0 Å². The van der Waals surface area contributed by atoms with E-state index in [1.807, 2.05) is 6.07 Å². The van der Waals surface area contributed by atoms with Crippen molar-refractivity contribution in [3.63, 3.8) is 0 Å². The Bertz CT molecular complexity index is 719. The number of rotatable bonds is 4. The topological polar surface area (TPSA) is 95.9 Å². The fourth-order valence-corrected chi connectivity index (χ4v) is 3.15. The highest BCUT2D eigenvalue weighted by Gasteiger charge is 2.37. The van der Waals surface area contributed by atoms with Crippen molar-refractivity contribution >= 4 is 5.97 Å². The third kappa shape index (κ3) is 3.17. The van der Waals surface area contributed by atoms with Crippen molar-refractivity contribution < 1.29 is 9.53 Å². The molecule has 128 valence electrons. The van der Waals surface area contributed by atoms with Gasteiger partial charge in [0.1, 0.15) is 0 Å². The van der Waals surface area contributed by atoms with Gasteiger partial charge in [0.25, 0.3) is 0 Å². The third-order valence-corrected chi connectivity index (χ3v) is 4.68. The van der Waals surface area contributed by atoms with Crippen LogP contribution in [0.2, 0.25) is 0 Å². The number of esters is 1. The number of benzene rings is 1. The van der Waals surface area contributed by atoms with E-state index >= 15 is 0 Å². The molecule has 0 bridgehead atoms. The molecule has 1 aliphatic rings. The van der Waals surface area contributed by atoms with Gasteiger partial charge >= 0.3 is 5.97 Å².